The lowest BCUT2D eigenvalue weighted by Gasteiger charge is -2.13. The molecule has 0 saturated carbocycles. The molecule has 138 valence electrons. The van der Waals surface area contributed by atoms with Crippen LogP contribution in [-0.4, -0.2) is 20.5 Å². The number of aromatic nitrogens is 3. The molecule has 7 heteroatoms. The van der Waals surface area contributed by atoms with E-state index in [1.807, 2.05) is 0 Å². The maximum Gasteiger partial charge on any atom is 0.416 e. The van der Waals surface area contributed by atoms with Gasteiger partial charge in [-0.05, 0) is 48.6 Å². The van der Waals surface area contributed by atoms with E-state index in [0.717, 1.165) is 36.2 Å². The lowest BCUT2D eigenvalue weighted by Crippen LogP contribution is -2.13. The fraction of sp³-hybridized carbons (Fsp3) is 0.250. The predicted molar refractivity (Wildman–Crippen MR) is 92.9 cm³/mol. The highest BCUT2D eigenvalue weighted by Gasteiger charge is 2.30. The Balaban J connectivity index is 1.64. The molecular formula is C20H16F3N3O. The molecule has 0 unspecified atom stereocenters. The van der Waals surface area contributed by atoms with Gasteiger partial charge in [-0.2, -0.15) is 18.3 Å². The number of alkyl halides is 3. The van der Waals surface area contributed by atoms with Crippen molar-refractivity contribution in [2.75, 3.05) is 0 Å². The smallest absolute Gasteiger partial charge is 0.294 e. The third-order valence-corrected chi connectivity index (χ3v) is 4.68. The number of benzene rings is 1. The number of Topliss-reactive ketones (excluding diaryl/α,β-unsaturated/α-hetero) is 1. The first-order valence-corrected chi connectivity index (χ1v) is 8.63. The number of nitrogens with zero attached hydrogens (tertiary/aromatic N) is 3. The van der Waals surface area contributed by atoms with Crippen LogP contribution in [0.4, 0.5) is 13.2 Å². The summed E-state index contributed by atoms with van der Waals surface area (Å²) >= 11 is 0. The highest BCUT2D eigenvalue weighted by Crippen LogP contribution is 2.30. The average Bonchev–Trinajstić information content (AvgIpc) is 3.07. The van der Waals surface area contributed by atoms with Gasteiger partial charge in [-0.3, -0.25) is 4.79 Å². The molecule has 4 rings (SSSR count). The Labute approximate surface area is 153 Å². The molecule has 3 aromatic rings. The number of carbonyl (C=O) groups is 1. The van der Waals surface area contributed by atoms with E-state index >= 15 is 0 Å². The normalized spacial score (nSPS) is 14.3. The van der Waals surface area contributed by atoms with Gasteiger partial charge in [0, 0.05) is 12.6 Å². The number of hydrogen-bond acceptors (Lipinski definition) is 3. The van der Waals surface area contributed by atoms with Crippen molar-refractivity contribution in [2.45, 2.75) is 31.9 Å². The van der Waals surface area contributed by atoms with Gasteiger partial charge in [0.25, 0.3) is 0 Å². The Bertz CT molecular complexity index is 1010. The first kappa shape index (κ1) is 17.5. The van der Waals surface area contributed by atoms with Gasteiger partial charge in [-0.1, -0.05) is 18.2 Å². The highest BCUT2D eigenvalue weighted by atomic mass is 19.4. The summed E-state index contributed by atoms with van der Waals surface area (Å²) in [6, 6.07) is 8.88. The lowest BCUT2D eigenvalue weighted by molar-refractivity contribution is -0.137. The molecule has 0 aliphatic heterocycles. The van der Waals surface area contributed by atoms with Crippen LogP contribution in [0.25, 0.3) is 5.82 Å². The van der Waals surface area contributed by atoms with Gasteiger partial charge in [0.05, 0.1) is 23.0 Å². The summed E-state index contributed by atoms with van der Waals surface area (Å²) in [7, 11) is 0. The minimum absolute atomic E-state index is 0.0858. The van der Waals surface area contributed by atoms with Crippen LogP contribution >= 0.6 is 0 Å². The molecule has 0 N–H and O–H groups in total. The van der Waals surface area contributed by atoms with Crippen LogP contribution in [0.15, 0.2) is 48.8 Å². The molecule has 0 bridgehead atoms. The van der Waals surface area contributed by atoms with Gasteiger partial charge < -0.3 is 0 Å². The van der Waals surface area contributed by atoms with Crippen molar-refractivity contribution in [3.63, 3.8) is 0 Å². The number of halogens is 3. The Morgan fingerprint density at radius 1 is 1.07 bits per heavy atom. The van der Waals surface area contributed by atoms with Crippen LogP contribution in [0.3, 0.4) is 0 Å². The van der Waals surface area contributed by atoms with E-state index in [9.17, 15) is 18.0 Å². The second-order valence-corrected chi connectivity index (χ2v) is 6.59. The number of fused-ring (bicyclic) bond motifs is 1. The van der Waals surface area contributed by atoms with Crippen LogP contribution in [-0.2, 0) is 19.0 Å². The molecule has 27 heavy (non-hydrogen) atoms. The molecule has 0 amide bonds. The summed E-state index contributed by atoms with van der Waals surface area (Å²) in [6.45, 7) is 0. The number of hydrogen-bond donors (Lipinski definition) is 0. The molecule has 4 nitrogen and oxygen atoms in total. The van der Waals surface area contributed by atoms with E-state index in [1.165, 1.54) is 6.07 Å². The third kappa shape index (κ3) is 3.49. The maximum absolute atomic E-state index is 12.9. The first-order chi connectivity index (χ1) is 12.9. The summed E-state index contributed by atoms with van der Waals surface area (Å²) in [5.41, 5.74) is 2.21. The Morgan fingerprint density at radius 3 is 2.70 bits per heavy atom. The van der Waals surface area contributed by atoms with Gasteiger partial charge in [-0.15, -0.1) is 0 Å². The van der Waals surface area contributed by atoms with Gasteiger partial charge >= 0.3 is 6.18 Å². The Morgan fingerprint density at radius 2 is 1.89 bits per heavy atom. The van der Waals surface area contributed by atoms with E-state index in [-0.39, 0.29) is 5.78 Å². The summed E-state index contributed by atoms with van der Waals surface area (Å²) in [5.74, 6) is 0.651. The fourth-order valence-corrected chi connectivity index (χ4v) is 3.38. The first-order valence-electron chi connectivity index (χ1n) is 8.63. The molecular weight excluding hydrogens is 355 g/mol. The van der Waals surface area contributed by atoms with E-state index in [4.69, 9.17) is 0 Å². The van der Waals surface area contributed by atoms with E-state index in [0.29, 0.717) is 29.8 Å². The van der Waals surface area contributed by atoms with Crippen molar-refractivity contribution < 1.29 is 18.0 Å². The molecule has 2 heterocycles. The number of rotatable bonds is 3. The summed E-state index contributed by atoms with van der Waals surface area (Å²) in [5, 5.41) is 4.30. The zero-order chi connectivity index (χ0) is 19.0. The van der Waals surface area contributed by atoms with Crippen molar-refractivity contribution in [1.29, 1.82) is 0 Å². The molecule has 0 fully saturated rings. The molecule has 0 saturated heterocycles. The third-order valence-electron chi connectivity index (χ3n) is 4.68. The second-order valence-electron chi connectivity index (χ2n) is 6.59. The largest absolute Gasteiger partial charge is 0.416 e. The topological polar surface area (TPSA) is 47.8 Å². The van der Waals surface area contributed by atoms with Gasteiger partial charge in [-0.25, -0.2) is 9.67 Å². The molecule has 1 aliphatic carbocycles. The highest BCUT2D eigenvalue weighted by molar-refractivity contribution is 5.97. The Hall–Kier alpha value is -2.96. The minimum Gasteiger partial charge on any atom is -0.294 e. The Kier molecular flexibility index (Phi) is 4.30. The lowest BCUT2D eigenvalue weighted by atomic mass is 9.97. The number of carbonyl (C=O) groups excluding carboxylic acids is 1. The zero-order valence-electron chi connectivity index (χ0n) is 14.3. The van der Waals surface area contributed by atoms with Crippen molar-refractivity contribution in [3.05, 3.63) is 76.7 Å². The molecule has 1 aromatic carbocycles. The minimum atomic E-state index is -4.36. The SMILES string of the molecule is O=C1CCCc2c1cnn2-c1cc(Cc2cccc(C(F)(F)F)c2)ccn1. The summed E-state index contributed by atoms with van der Waals surface area (Å²) < 4.78 is 40.4. The fourth-order valence-electron chi connectivity index (χ4n) is 3.38. The van der Waals surface area contributed by atoms with E-state index < -0.39 is 11.7 Å². The van der Waals surface area contributed by atoms with Crippen LogP contribution < -0.4 is 0 Å². The van der Waals surface area contributed by atoms with Gasteiger partial charge in [0.15, 0.2) is 11.6 Å². The summed E-state index contributed by atoms with van der Waals surface area (Å²) in [6.07, 6.45) is 1.22. The van der Waals surface area contributed by atoms with Crippen LogP contribution in [0, 0.1) is 0 Å². The molecule has 0 spiro atoms. The monoisotopic (exact) mass is 371 g/mol. The van der Waals surface area contributed by atoms with Crippen LogP contribution in [0.1, 0.15) is 45.6 Å². The summed E-state index contributed by atoms with van der Waals surface area (Å²) in [4.78, 5) is 16.3. The zero-order valence-corrected chi connectivity index (χ0v) is 14.3. The molecule has 1 aliphatic rings. The van der Waals surface area contributed by atoms with Crippen molar-refractivity contribution in [3.8, 4) is 5.82 Å². The second kappa shape index (κ2) is 6.64. The van der Waals surface area contributed by atoms with Gasteiger partial charge in [0.2, 0.25) is 0 Å². The van der Waals surface area contributed by atoms with Crippen LogP contribution in [0.5, 0.6) is 0 Å². The van der Waals surface area contributed by atoms with E-state index in [1.54, 1.807) is 35.3 Å². The molecule has 0 atom stereocenters. The maximum atomic E-state index is 12.9. The standard InChI is InChI=1S/C20H16F3N3O/c21-20(22,23)15-4-1-3-13(10-15)9-14-7-8-24-19(11-14)26-17-5-2-6-18(27)16(17)12-25-26/h1,3-4,7-8,10-12H,2,5-6,9H2. The van der Waals surface area contributed by atoms with Crippen molar-refractivity contribution >= 4 is 5.78 Å². The molecule has 2 aromatic heterocycles. The van der Waals surface area contributed by atoms with Crippen molar-refractivity contribution in [1.82, 2.24) is 14.8 Å². The predicted octanol–water partition coefficient (Wildman–Crippen LogP) is 4.40. The molecule has 0 radical (unpaired) electrons. The quantitative estimate of drug-likeness (QED) is 0.686. The average molecular weight is 371 g/mol. The number of pyridine rings is 1. The van der Waals surface area contributed by atoms with Gasteiger partial charge in [0.1, 0.15) is 0 Å². The van der Waals surface area contributed by atoms with Crippen molar-refractivity contribution in [2.24, 2.45) is 0 Å². The van der Waals surface area contributed by atoms with Crippen LogP contribution in [0.2, 0.25) is 0 Å². The number of ketones is 1. The van der Waals surface area contributed by atoms with E-state index in [2.05, 4.69) is 10.1 Å².